The summed E-state index contributed by atoms with van der Waals surface area (Å²) in [6.45, 7) is 5.81. The Kier molecular flexibility index (Phi) is 4.72. The fourth-order valence-electron chi connectivity index (χ4n) is 2.35. The van der Waals surface area contributed by atoms with Crippen LogP contribution in [-0.2, 0) is 12.8 Å². The van der Waals surface area contributed by atoms with E-state index in [9.17, 15) is 4.79 Å². The first-order valence-electron chi connectivity index (χ1n) is 6.73. The summed E-state index contributed by atoms with van der Waals surface area (Å²) in [6, 6.07) is 2.45. The molecule has 0 radical (unpaired) electrons. The number of likely N-dealkylation sites (N-methyl/N-ethyl adjacent to an activating group) is 1. The van der Waals surface area contributed by atoms with Crippen LogP contribution in [0.1, 0.15) is 39.9 Å². The van der Waals surface area contributed by atoms with E-state index in [1.807, 2.05) is 7.05 Å². The zero-order valence-corrected chi connectivity index (χ0v) is 12.5. The van der Waals surface area contributed by atoms with Gasteiger partial charge in [-0.1, -0.05) is 24.3 Å². The van der Waals surface area contributed by atoms with Gasteiger partial charge in [-0.25, -0.2) is 0 Å². The van der Waals surface area contributed by atoms with Gasteiger partial charge in [0.25, 0.3) is 0 Å². The van der Waals surface area contributed by atoms with Crippen LogP contribution in [0.15, 0.2) is 30.4 Å². The molecule has 1 heterocycles. The maximum atomic E-state index is 11.5. The van der Waals surface area contributed by atoms with Crippen molar-refractivity contribution in [1.82, 2.24) is 5.32 Å². The van der Waals surface area contributed by atoms with E-state index in [1.165, 1.54) is 16.0 Å². The van der Waals surface area contributed by atoms with E-state index in [-0.39, 0.29) is 5.78 Å². The van der Waals surface area contributed by atoms with E-state index < -0.39 is 0 Å². The van der Waals surface area contributed by atoms with Crippen LogP contribution in [0.3, 0.4) is 0 Å². The summed E-state index contributed by atoms with van der Waals surface area (Å²) in [4.78, 5) is 13.7. The highest BCUT2D eigenvalue weighted by atomic mass is 32.1. The van der Waals surface area contributed by atoms with Gasteiger partial charge in [0.2, 0.25) is 0 Å². The van der Waals surface area contributed by atoms with Crippen molar-refractivity contribution in [2.75, 3.05) is 7.05 Å². The average Bonchev–Trinajstić information content (AvgIpc) is 2.79. The van der Waals surface area contributed by atoms with Gasteiger partial charge in [0, 0.05) is 17.3 Å². The van der Waals surface area contributed by atoms with Gasteiger partial charge in [0.05, 0.1) is 4.88 Å². The van der Waals surface area contributed by atoms with E-state index in [2.05, 4.69) is 30.1 Å². The van der Waals surface area contributed by atoms with E-state index in [4.69, 9.17) is 0 Å². The SMILES string of the molecule is C=C1CCc2cc(C(C)=O)sc2C/C=C\C(NC)C1. The molecule has 1 atom stereocenters. The summed E-state index contributed by atoms with van der Waals surface area (Å²) >= 11 is 1.64. The molecule has 0 amide bonds. The summed E-state index contributed by atoms with van der Waals surface area (Å²) in [5.74, 6) is 0.170. The molecule has 2 rings (SSSR count). The van der Waals surface area contributed by atoms with Gasteiger partial charge in [-0.3, -0.25) is 4.79 Å². The molecular weight excluding hydrogens is 254 g/mol. The Labute approximate surface area is 119 Å². The second kappa shape index (κ2) is 6.31. The Balaban J connectivity index is 2.26. The van der Waals surface area contributed by atoms with E-state index in [0.717, 1.165) is 30.6 Å². The molecule has 3 heteroatoms. The third-order valence-corrected chi connectivity index (χ3v) is 4.84. The van der Waals surface area contributed by atoms with Crippen molar-refractivity contribution in [1.29, 1.82) is 0 Å². The minimum absolute atomic E-state index is 0.170. The maximum absolute atomic E-state index is 11.5. The molecule has 0 aliphatic heterocycles. The van der Waals surface area contributed by atoms with Crippen molar-refractivity contribution in [2.24, 2.45) is 0 Å². The molecule has 19 heavy (non-hydrogen) atoms. The molecule has 0 saturated heterocycles. The monoisotopic (exact) mass is 275 g/mol. The van der Waals surface area contributed by atoms with Crippen molar-refractivity contribution in [3.8, 4) is 0 Å². The van der Waals surface area contributed by atoms with Crippen LogP contribution in [0.5, 0.6) is 0 Å². The van der Waals surface area contributed by atoms with Crippen LogP contribution >= 0.6 is 11.3 Å². The summed E-state index contributed by atoms with van der Waals surface area (Å²) in [6.07, 6.45) is 8.35. The van der Waals surface area contributed by atoms with E-state index in [1.54, 1.807) is 18.3 Å². The standard InChI is InChI=1S/C16H21NOS/c1-11-7-8-13-10-16(12(2)18)19-15(13)6-4-5-14(9-11)17-3/h4-5,10,14,17H,1,6-9H2,2-3H3/b5-4-. The zero-order chi connectivity index (χ0) is 13.8. The minimum Gasteiger partial charge on any atom is -0.313 e. The van der Waals surface area contributed by atoms with Crippen LogP contribution in [0.4, 0.5) is 0 Å². The topological polar surface area (TPSA) is 29.1 Å². The summed E-state index contributed by atoms with van der Waals surface area (Å²) in [7, 11) is 1.98. The van der Waals surface area contributed by atoms with Crippen LogP contribution in [0.2, 0.25) is 0 Å². The highest BCUT2D eigenvalue weighted by Crippen LogP contribution is 2.27. The number of nitrogens with one attached hydrogen (secondary N) is 1. The van der Waals surface area contributed by atoms with Crippen LogP contribution in [-0.4, -0.2) is 18.9 Å². The molecule has 102 valence electrons. The third kappa shape index (κ3) is 3.64. The fraction of sp³-hybridized carbons (Fsp3) is 0.438. The number of thiophene rings is 1. The minimum atomic E-state index is 0.170. The summed E-state index contributed by atoms with van der Waals surface area (Å²) in [5, 5.41) is 3.30. The normalized spacial score (nSPS) is 21.8. The highest BCUT2D eigenvalue weighted by molar-refractivity contribution is 7.14. The van der Waals surface area contributed by atoms with Gasteiger partial charge in [-0.2, -0.15) is 0 Å². The quantitative estimate of drug-likeness (QED) is 0.661. The molecule has 0 bridgehead atoms. The predicted molar refractivity (Wildman–Crippen MR) is 82.1 cm³/mol. The van der Waals surface area contributed by atoms with Gasteiger partial charge in [0.15, 0.2) is 5.78 Å². The van der Waals surface area contributed by atoms with Gasteiger partial charge >= 0.3 is 0 Å². The highest BCUT2D eigenvalue weighted by Gasteiger charge is 2.13. The van der Waals surface area contributed by atoms with Crippen molar-refractivity contribution >= 4 is 17.1 Å². The first-order chi connectivity index (χ1) is 9.10. The number of hydrogen-bond donors (Lipinski definition) is 1. The van der Waals surface area contributed by atoms with Crippen molar-refractivity contribution < 1.29 is 4.79 Å². The molecule has 0 spiro atoms. The lowest BCUT2D eigenvalue weighted by Gasteiger charge is -2.15. The predicted octanol–water partition coefficient (Wildman–Crippen LogP) is 3.53. The molecular formula is C16H21NOS. The number of fused-ring (bicyclic) bond motifs is 1. The number of hydrogen-bond acceptors (Lipinski definition) is 3. The number of carbonyl (C=O) groups excluding carboxylic acids is 1. The van der Waals surface area contributed by atoms with Crippen molar-refractivity contribution in [3.05, 3.63) is 45.7 Å². The molecule has 1 aromatic rings. The average molecular weight is 275 g/mol. The Hall–Kier alpha value is -1.19. The smallest absolute Gasteiger partial charge is 0.169 e. The Morgan fingerprint density at radius 1 is 1.47 bits per heavy atom. The number of aryl methyl sites for hydroxylation is 1. The fourth-order valence-corrected chi connectivity index (χ4v) is 3.44. The number of carbonyl (C=O) groups is 1. The first-order valence-corrected chi connectivity index (χ1v) is 7.55. The molecule has 2 nitrogen and oxygen atoms in total. The van der Waals surface area contributed by atoms with Gasteiger partial charge in [-0.15, -0.1) is 11.3 Å². The van der Waals surface area contributed by atoms with Crippen molar-refractivity contribution in [2.45, 2.75) is 38.6 Å². The second-order valence-electron chi connectivity index (χ2n) is 5.10. The summed E-state index contributed by atoms with van der Waals surface area (Å²) in [5.41, 5.74) is 2.59. The van der Waals surface area contributed by atoms with E-state index >= 15 is 0 Å². The molecule has 1 aliphatic carbocycles. The van der Waals surface area contributed by atoms with Crippen LogP contribution < -0.4 is 5.32 Å². The lowest BCUT2D eigenvalue weighted by molar-refractivity contribution is 0.102. The molecule has 1 aromatic heterocycles. The number of allylic oxidation sites excluding steroid dienone is 1. The van der Waals surface area contributed by atoms with Gasteiger partial charge in [-0.05, 0) is 44.9 Å². The Morgan fingerprint density at radius 2 is 2.26 bits per heavy atom. The second-order valence-corrected chi connectivity index (χ2v) is 6.23. The zero-order valence-electron chi connectivity index (χ0n) is 11.7. The number of rotatable bonds is 2. The van der Waals surface area contributed by atoms with Crippen molar-refractivity contribution in [3.63, 3.8) is 0 Å². The van der Waals surface area contributed by atoms with Crippen LogP contribution in [0, 0.1) is 0 Å². The molecule has 0 fully saturated rings. The lowest BCUT2D eigenvalue weighted by atomic mass is 9.97. The molecule has 0 aromatic carbocycles. The molecule has 1 aliphatic rings. The molecule has 0 saturated carbocycles. The van der Waals surface area contributed by atoms with E-state index in [0.29, 0.717) is 6.04 Å². The maximum Gasteiger partial charge on any atom is 0.169 e. The Morgan fingerprint density at radius 3 is 2.95 bits per heavy atom. The molecule has 1 N–H and O–H groups in total. The molecule has 1 unspecified atom stereocenters. The number of Topliss-reactive ketones (excluding diaryl/α,β-unsaturated/α-hetero) is 1. The third-order valence-electron chi connectivity index (χ3n) is 3.54. The first kappa shape index (κ1) is 14.2. The van der Waals surface area contributed by atoms with Crippen LogP contribution in [0.25, 0.3) is 0 Å². The van der Waals surface area contributed by atoms with Gasteiger partial charge in [0.1, 0.15) is 0 Å². The lowest BCUT2D eigenvalue weighted by Crippen LogP contribution is -2.23. The largest absolute Gasteiger partial charge is 0.313 e. The van der Waals surface area contributed by atoms with Gasteiger partial charge < -0.3 is 5.32 Å². The Bertz CT molecular complexity index is 513. The summed E-state index contributed by atoms with van der Waals surface area (Å²) < 4.78 is 0. The number of ketones is 1.